The molecule has 0 aromatic rings. The van der Waals surface area contributed by atoms with Crippen molar-refractivity contribution in [3.8, 4) is 0 Å². The van der Waals surface area contributed by atoms with Crippen LogP contribution in [0.3, 0.4) is 0 Å². The van der Waals surface area contributed by atoms with Crippen LogP contribution in [0, 0.1) is 5.92 Å². The molecule has 0 saturated heterocycles. The first kappa shape index (κ1) is 12.9. The molecule has 2 atom stereocenters. The van der Waals surface area contributed by atoms with Crippen LogP contribution in [0.5, 0.6) is 0 Å². The first-order valence-electron chi connectivity index (χ1n) is 6.11. The van der Waals surface area contributed by atoms with Gasteiger partial charge < -0.3 is 15.5 Å². The van der Waals surface area contributed by atoms with Gasteiger partial charge in [-0.05, 0) is 32.7 Å². The quantitative estimate of drug-likeness (QED) is 0.648. The van der Waals surface area contributed by atoms with Gasteiger partial charge in [0.2, 0.25) is 0 Å². The first-order chi connectivity index (χ1) is 7.06. The molecule has 0 heterocycles. The third-order valence-corrected chi connectivity index (χ3v) is 3.57. The van der Waals surface area contributed by atoms with Crippen molar-refractivity contribution < 1.29 is 10.2 Å². The van der Waals surface area contributed by atoms with Gasteiger partial charge in [-0.3, -0.25) is 0 Å². The van der Waals surface area contributed by atoms with Gasteiger partial charge in [0.15, 0.2) is 0 Å². The highest BCUT2D eigenvalue weighted by atomic mass is 16.3. The van der Waals surface area contributed by atoms with Crippen molar-refractivity contribution in [2.45, 2.75) is 57.2 Å². The zero-order valence-corrected chi connectivity index (χ0v) is 10.00. The topological polar surface area (TPSA) is 52.5 Å². The van der Waals surface area contributed by atoms with Crippen molar-refractivity contribution in [1.29, 1.82) is 0 Å². The Balaban J connectivity index is 2.41. The summed E-state index contributed by atoms with van der Waals surface area (Å²) in [5.74, 6) is 0.373. The maximum Gasteiger partial charge on any atom is 0.0691 e. The van der Waals surface area contributed by atoms with E-state index in [2.05, 4.69) is 5.32 Å². The Morgan fingerprint density at radius 1 is 1.33 bits per heavy atom. The number of aliphatic hydroxyl groups is 2. The number of rotatable bonds is 5. The Kier molecular flexibility index (Phi) is 5.03. The summed E-state index contributed by atoms with van der Waals surface area (Å²) in [6.07, 6.45) is 6.01. The molecule has 0 amide bonds. The molecule has 0 aliphatic heterocycles. The summed E-state index contributed by atoms with van der Waals surface area (Å²) < 4.78 is 0. The summed E-state index contributed by atoms with van der Waals surface area (Å²) >= 11 is 0. The number of hydrogen-bond donors (Lipinski definition) is 3. The average Bonchev–Trinajstić information content (AvgIpc) is 2.18. The van der Waals surface area contributed by atoms with E-state index in [9.17, 15) is 10.2 Å². The summed E-state index contributed by atoms with van der Waals surface area (Å²) in [7, 11) is 1.82. The molecule has 0 spiro atoms. The Labute approximate surface area is 92.9 Å². The molecule has 0 radical (unpaired) electrons. The normalized spacial score (nSPS) is 24.8. The number of aliphatic hydroxyl groups excluding tert-OH is 1. The van der Waals surface area contributed by atoms with E-state index in [1.54, 1.807) is 0 Å². The second-order valence-corrected chi connectivity index (χ2v) is 5.11. The molecule has 1 aliphatic rings. The van der Waals surface area contributed by atoms with E-state index in [4.69, 9.17) is 0 Å². The Morgan fingerprint density at radius 3 is 2.47 bits per heavy atom. The average molecular weight is 215 g/mol. The molecule has 1 rings (SSSR count). The molecule has 0 aromatic carbocycles. The Hall–Kier alpha value is -0.120. The monoisotopic (exact) mass is 215 g/mol. The van der Waals surface area contributed by atoms with Crippen LogP contribution in [0.25, 0.3) is 0 Å². The maximum atomic E-state index is 10.3. The molecule has 3 N–H and O–H groups in total. The molecular weight excluding hydrogens is 190 g/mol. The summed E-state index contributed by atoms with van der Waals surface area (Å²) in [5.41, 5.74) is -0.698. The standard InChI is InChI=1S/C12H25NO2/c1-12(15,8-11(14)9-13-2)10-6-4-3-5-7-10/h10-11,13-15H,3-9H2,1-2H3/t11-,12+/m1/s1. The lowest BCUT2D eigenvalue weighted by Crippen LogP contribution is -2.41. The van der Waals surface area contributed by atoms with Crippen molar-refractivity contribution in [3.05, 3.63) is 0 Å². The van der Waals surface area contributed by atoms with Gasteiger partial charge in [0.25, 0.3) is 0 Å². The van der Waals surface area contributed by atoms with Crippen LogP contribution in [-0.4, -0.2) is 35.5 Å². The van der Waals surface area contributed by atoms with Crippen LogP contribution < -0.4 is 5.32 Å². The summed E-state index contributed by atoms with van der Waals surface area (Å²) in [4.78, 5) is 0. The molecule has 90 valence electrons. The van der Waals surface area contributed by atoms with Gasteiger partial charge in [-0.2, -0.15) is 0 Å². The van der Waals surface area contributed by atoms with Crippen LogP contribution in [0.1, 0.15) is 45.4 Å². The van der Waals surface area contributed by atoms with Crippen molar-refractivity contribution in [3.63, 3.8) is 0 Å². The molecule has 0 bridgehead atoms. The lowest BCUT2D eigenvalue weighted by Gasteiger charge is -2.37. The zero-order chi connectivity index (χ0) is 11.3. The third-order valence-electron chi connectivity index (χ3n) is 3.57. The number of hydrogen-bond acceptors (Lipinski definition) is 3. The summed E-state index contributed by atoms with van der Waals surface area (Å²) in [6, 6.07) is 0. The Bertz CT molecular complexity index is 176. The molecular formula is C12H25NO2. The highest BCUT2D eigenvalue weighted by Gasteiger charge is 2.34. The largest absolute Gasteiger partial charge is 0.392 e. The fourth-order valence-corrected chi connectivity index (χ4v) is 2.68. The van der Waals surface area contributed by atoms with Gasteiger partial charge in [0, 0.05) is 13.0 Å². The molecule has 1 aliphatic carbocycles. The van der Waals surface area contributed by atoms with Crippen molar-refractivity contribution in [2.24, 2.45) is 5.92 Å². The van der Waals surface area contributed by atoms with Gasteiger partial charge in [0.1, 0.15) is 0 Å². The maximum absolute atomic E-state index is 10.3. The number of nitrogens with one attached hydrogen (secondary N) is 1. The van der Waals surface area contributed by atoms with E-state index in [1.807, 2.05) is 14.0 Å². The van der Waals surface area contributed by atoms with E-state index in [0.29, 0.717) is 18.9 Å². The minimum atomic E-state index is -0.698. The molecule has 15 heavy (non-hydrogen) atoms. The minimum absolute atomic E-state index is 0.373. The highest BCUT2D eigenvalue weighted by Crippen LogP contribution is 2.35. The van der Waals surface area contributed by atoms with Crippen molar-refractivity contribution >= 4 is 0 Å². The van der Waals surface area contributed by atoms with E-state index < -0.39 is 11.7 Å². The first-order valence-corrected chi connectivity index (χ1v) is 6.11. The fourth-order valence-electron chi connectivity index (χ4n) is 2.68. The molecule has 3 heteroatoms. The van der Waals surface area contributed by atoms with E-state index in [1.165, 1.54) is 19.3 Å². The van der Waals surface area contributed by atoms with E-state index in [0.717, 1.165) is 12.8 Å². The van der Waals surface area contributed by atoms with Gasteiger partial charge >= 0.3 is 0 Å². The summed E-state index contributed by atoms with van der Waals surface area (Å²) in [6.45, 7) is 2.44. The van der Waals surface area contributed by atoms with Gasteiger partial charge in [-0.15, -0.1) is 0 Å². The van der Waals surface area contributed by atoms with E-state index in [-0.39, 0.29) is 0 Å². The van der Waals surface area contributed by atoms with Crippen LogP contribution in [0.2, 0.25) is 0 Å². The van der Waals surface area contributed by atoms with Crippen LogP contribution in [0.15, 0.2) is 0 Å². The van der Waals surface area contributed by atoms with Crippen LogP contribution in [-0.2, 0) is 0 Å². The Morgan fingerprint density at radius 2 is 1.93 bits per heavy atom. The zero-order valence-electron chi connectivity index (χ0n) is 10.00. The minimum Gasteiger partial charge on any atom is -0.392 e. The van der Waals surface area contributed by atoms with Gasteiger partial charge in [0.05, 0.1) is 11.7 Å². The fraction of sp³-hybridized carbons (Fsp3) is 1.00. The molecule has 1 saturated carbocycles. The predicted octanol–water partition coefficient (Wildman–Crippen LogP) is 1.29. The molecule has 0 unspecified atom stereocenters. The molecule has 3 nitrogen and oxygen atoms in total. The van der Waals surface area contributed by atoms with Crippen LogP contribution >= 0.6 is 0 Å². The predicted molar refractivity (Wildman–Crippen MR) is 61.7 cm³/mol. The molecule has 0 aromatic heterocycles. The number of likely N-dealkylation sites (N-methyl/N-ethyl adjacent to an activating group) is 1. The smallest absolute Gasteiger partial charge is 0.0691 e. The van der Waals surface area contributed by atoms with Crippen molar-refractivity contribution in [2.75, 3.05) is 13.6 Å². The highest BCUT2D eigenvalue weighted by molar-refractivity contribution is 4.86. The van der Waals surface area contributed by atoms with Crippen molar-refractivity contribution in [1.82, 2.24) is 5.32 Å². The van der Waals surface area contributed by atoms with Crippen LogP contribution in [0.4, 0.5) is 0 Å². The SMILES string of the molecule is CNC[C@H](O)C[C@](C)(O)C1CCCCC1. The third kappa shape index (κ3) is 4.09. The lowest BCUT2D eigenvalue weighted by molar-refractivity contribution is -0.0520. The summed E-state index contributed by atoms with van der Waals surface area (Å²) in [5, 5.41) is 23.0. The van der Waals surface area contributed by atoms with Gasteiger partial charge in [-0.1, -0.05) is 19.3 Å². The van der Waals surface area contributed by atoms with Gasteiger partial charge in [-0.25, -0.2) is 0 Å². The molecule has 1 fully saturated rings. The second-order valence-electron chi connectivity index (χ2n) is 5.11. The lowest BCUT2D eigenvalue weighted by atomic mass is 9.75. The van der Waals surface area contributed by atoms with E-state index >= 15 is 0 Å². The second kappa shape index (κ2) is 5.83.